The second-order valence-electron chi connectivity index (χ2n) is 6.23. The molecule has 2 nitrogen and oxygen atoms in total. The van der Waals surface area contributed by atoms with Crippen LogP contribution in [0.3, 0.4) is 0 Å². The van der Waals surface area contributed by atoms with E-state index in [0.717, 1.165) is 57.8 Å². The van der Waals surface area contributed by atoms with Gasteiger partial charge in [0.25, 0.3) is 0 Å². The predicted molar refractivity (Wildman–Crippen MR) is 86.9 cm³/mol. The number of unbranched alkanes of at least 4 members (excludes halogenated alkanes) is 3. The van der Waals surface area contributed by atoms with E-state index in [9.17, 15) is 9.90 Å². The molecule has 0 aromatic carbocycles. The summed E-state index contributed by atoms with van der Waals surface area (Å²) in [6.07, 6.45) is 10.4. The Bertz CT molecular complexity index is 240. The first-order valence-corrected chi connectivity index (χ1v) is 8.82. The van der Waals surface area contributed by atoms with Crippen LogP contribution in [-0.4, -0.2) is 16.5 Å². The van der Waals surface area contributed by atoms with E-state index in [1.54, 1.807) is 0 Å². The fraction of sp³-hybridized carbons (Fsp3) is 0.944. The van der Waals surface area contributed by atoms with Crippen molar-refractivity contribution >= 4 is 5.78 Å². The molecule has 0 spiro atoms. The number of Topliss-reactive ketones (excluding diaryl/α,β-unsaturated/α-hetero) is 1. The molecule has 0 amide bonds. The van der Waals surface area contributed by atoms with Crippen LogP contribution in [0.1, 0.15) is 98.3 Å². The first-order valence-electron chi connectivity index (χ1n) is 8.82. The van der Waals surface area contributed by atoms with Gasteiger partial charge in [0.1, 0.15) is 5.60 Å². The van der Waals surface area contributed by atoms with Gasteiger partial charge in [-0.05, 0) is 25.7 Å². The van der Waals surface area contributed by atoms with Gasteiger partial charge in [0.05, 0.1) is 0 Å². The molecule has 20 heavy (non-hydrogen) atoms. The van der Waals surface area contributed by atoms with E-state index in [-0.39, 0.29) is 11.7 Å². The molecule has 0 bridgehead atoms. The summed E-state index contributed by atoms with van der Waals surface area (Å²) in [6, 6.07) is 0. The summed E-state index contributed by atoms with van der Waals surface area (Å²) in [5.41, 5.74) is -1.06. The molecule has 0 fully saturated rings. The van der Waals surface area contributed by atoms with E-state index in [1.165, 1.54) is 0 Å². The molecule has 0 saturated heterocycles. The van der Waals surface area contributed by atoms with Crippen LogP contribution in [0.2, 0.25) is 0 Å². The van der Waals surface area contributed by atoms with Crippen molar-refractivity contribution in [2.45, 2.75) is 104 Å². The van der Waals surface area contributed by atoms with E-state index in [2.05, 4.69) is 27.7 Å². The maximum atomic E-state index is 12.8. The lowest BCUT2D eigenvalue weighted by Crippen LogP contribution is -2.42. The number of hydrogen-bond donors (Lipinski definition) is 1. The zero-order chi connectivity index (χ0) is 15.4. The maximum absolute atomic E-state index is 12.8. The van der Waals surface area contributed by atoms with Crippen LogP contribution >= 0.6 is 0 Å². The molecule has 0 heterocycles. The van der Waals surface area contributed by atoms with E-state index in [4.69, 9.17) is 0 Å². The minimum Gasteiger partial charge on any atom is -0.382 e. The van der Waals surface area contributed by atoms with Crippen molar-refractivity contribution in [2.24, 2.45) is 5.92 Å². The molecule has 0 aliphatic rings. The third kappa shape index (κ3) is 6.88. The molecule has 0 aromatic heterocycles. The van der Waals surface area contributed by atoms with Crippen LogP contribution < -0.4 is 0 Å². The lowest BCUT2D eigenvalue weighted by Gasteiger charge is -2.31. The summed E-state index contributed by atoms with van der Waals surface area (Å²) in [6.45, 7) is 8.52. The lowest BCUT2D eigenvalue weighted by atomic mass is 9.78. The van der Waals surface area contributed by atoms with Crippen molar-refractivity contribution in [3.8, 4) is 0 Å². The molecule has 0 radical (unpaired) electrons. The zero-order valence-electron chi connectivity index (χ0n) is 14.2. The zero-order valence-corrected chi connectivity index (χ0v) is 14.2. The highest BCUT2D eigenvalue weighted by Crippen LogP contribution is 2.29. The fourth-order valence-electron chi connectivity index (χ4n) is 2.90. The molecule has 1 unspecified atom stereocenters. The second-order valence-corrected chi connectivity index (χ2v) is 6.23. The summed E-state index contributed by atoms with van der Waals surface area (Å²) < 4.78 is 0. The quantitative estimate of drug-likeness (QED) is 0.500. The Hall–Kier alpha value is -0.370. The van der Waals surface area contributed by atoms with Gasteiger partial charge in [0.15, 0.2) is 5.78 Å². The van der Waals surface area contributed by atoms with Crippen LogP contribution in [-0.2, 0) is 4.79 Å². The Morgan fingerprint density at radius 3 is 1.75 bits per heavy atom. The lowest BCUT2D eigenvalue weighted by molar-refractivity contribution is -0.144. The van der Waals surface area contributed by atoms with E-state index in [1.807, 2.05) is 0 Å². The number of carbonyl (C=O) groups excluding carboxylic acids is 1. The smallest absolute Gasteiger partial charge is 0.167 e. The molecule has 0 saturated carbocycles. The van der Waals surface area contributed by atoms with Crippen LogP contribution in [0.15, 0.2) is 0 Å². The average molecular weight is 284 g/mol. The molecule has 0 aromatic rings. The van der Waals surface area contributed by atoms with E-state index >= 15 is 0 Å². The summed E-state index contributed by atoms with van der Waals surface area (Å²) in [5.74, 6) is 0.202. The number of hydrogen-bond acceptors (Lipinski definition) is 2. The van der Waals surface area contributed by atoms with E-state index in [0.29, 0.717) is 12.8 Å². The Balaban J connectivity index is 4.83. The Morgan fingerprint density at radius 2 is 1.35 bits per heavy atom. The van der Waals surface area contributed by atoms with Crippen LogP contribution in [0.4, 0.5) is 0 Å². The summed E-state index contributed by atoms with van der Waals surface area (Å²) in [7, 11) is 0. The van der Waals surface area contributed by atoms with E-state index < -0.39 is 5.60 Å². The summed E-state index contributed by atoms with van der Waals surface area (Å²) in [5, 5.41) is 10.9. The Labute approximate surface area is 126 Å². The van der Waals surface area contributed by atoms with Gasteiger partial charge in [-0.25, -0.2) is 0 Å². The highest BCUT2D eigenvalue weighted by atomic mass is 16.3. The second kappa shape index (κ2) is 11.3. The van der Waals surface area contributed by atoms with Gasteiger partial charge < -0.3 is 5.11 Å². The van der Waals surface area contributed by atoms with Gasteiger partial charge in [-0.2, -0.15) is 0 Å². The number of ketones is 1. The largest absolute Gasteiger partial charge is 0.382 e. The summed E-state index contributed by atoms with van der Waals surface area (Å²) >= 11 is 0. The van der Waals surface area contributed by atoms with Gasteiger partial charge in [-0.3, -0.25) is 4.79 Å². The average Bonchev–Trinajstić information content (AvgIpc) is 2.46. The third-order valence-corrected chi connectivity index (χ3v) is 4.26. The van der Waals surface area contributed by atoms with Gasteiger partial charge in [0, 0.05) is 5.92 Å². The fourth-order valence-corrected chi connectivity index (χ4v) is 2.90. The molecule has 0 rings (SSSR count). The normalized spacial score (nSPS) is 13.4. The van der Waals surface area contributed by atoms with Crippen molar-refractivity contribution in [2.75, 3.05) is 0 Å². The topological polar surface area (TPSA) is 37.3 Å². The Morgan fingerprint density at radius 1 is 0.850 bits per heavy atom. The van der Waals surface area contributed by atoms with Gasteiger partial charge in [-0.1, -0.05) is 72.6 Å². The predicted octanol–water partition coefficient (Wildman–Crippen LogP) is 5.27. The first-order chi connectivity index (χ1) is 9.55. The van der Waals surface area contributed by atoms with Crippen molar-refractivity contribution < 1.29 is 9.90 Å². The SMILES string of the molecule is CCCCC(CCC)C(=O)C(O)(CCCC)CCCC. The van der Waals surface area contributed by atoms with Gasteiger partial charge in [-0.15, -0.1) is 0 Å². The maximum Gasteiger partial charge on any atom is 0.167 e. The third-order valence-electron chi connectivity index (χ3n) is 4.26. The monoisotopic (exact) mass is 284 g/mol. The highest BCUT2D eigenvalue weighted by molar-refractivity contribution is 5.89. The molecule has 1 N–H and O–H groups in total. The molecule has 1 atom stereocenters. The number of carbonyl (C=O) groups is 1. The van der Waals surface area contributed by atoms with Crippen molar-refractivity contribution in [3.63, 3.8) is 0 Å². The van der Waals surface area contributed by atoms with Crippen molar-refractivity contribution in [1.29, 1.82) is 0 Å². The summed E-state index contributed by atoms with van der Waals surface area (Å²) in [4.78, 5) is 12.8. The van der Waals surface area contributed by atoms with Crippen molar-refractivity contribution in [3.05, 3.63) is 0 Å². The minimum atomic E-state index is -1.06. The molecule has 120 valence electrons. The van der Waals surface area contributed by atoms with Gasteiger partial charge in [0.2, 0.25) is 0 Å². The van der Waals surface area contributed by atoms with Crippen molar-refractivity contribution in [1.82, 2.24) is 0 Å². The minimum absolute atomic E-state index is 0.0682. The molecule has 0 aliphatic carbocycles. The van der Waals surface area contributed by atoms with Crippen LogP contribution in [0, 0.1) is 5.92 Å². The van der Waals surface area contributed by atoms with Crippen LogP contribution in [0.25, 0.3) is 0 Å². The number of aliphatic hydroxyl groups is 1. The standard InChI is InChI=1S/C18H36O2/c1-5-9-13-16(12-8-4)17(19)18(20,14-10-6-2)15-11-7-3/h16,20H,5-15H2,1-4H3. The molecular formula is C18H36O2. The molecular weight excluding hydrogens is 248 g/mol. The van der Waals surface area contributed by atoms with Crippen LogP contribution in [0.5, 0.6) is 0 Å². The first kappa shape index (κ1) is 19.6. The molecule has 0 aliphatic heterocycles. The Kier molecular flexibility index (Phi) is 11.1. The highest BCUT2D eigenvalue weighted by Gasteiger charge is 2.38. The van der Waals surface area contributed by atoms with Gasteiger partial charge >= 0.3 is 0 Å². The number of rotatable bonds is 13. The molecule has 2 heteroatoms.